The summed E-state index contributed by atoms with van der Waals surface area (Å²) in [6.07, 6.45) is 7.40. The van der Waals surface area contributed by atoms with Gasteiger partial charge in [-0.1, -0.05) is 32.4 Å². The maximum absolute atomic E-state index is 5.04. The van der Waals surface area contributed by atoms with Gasteiger partial charge >= 0.3 is 0 Å². The lowest BCUT2D eigenvalue weighted by molar-refractivity contribution is 0.200. The predicted molar refractivity (Wildman–Crippen MR) is 80.1 cm³/mol. The molecule has 19 heavy (non-hydrogen) atoms. The first-order valence-corrected chi connectivity index (χ1v) is 7.10. The third-order valence-corrected chi connectivity index (χ3v) is 3.01. The van der Waals surface area contributed by atoms with Gasteiger partial charge in [0.15, 0.2) is 0 Å². The van der Waals surface area contributed by atoms with Crippen molar-refractivity contribution in [3.05, 3.63) is 23.5 Å². The molecule has 4 heteroatoms. The molecule has 0 aliphatic heterocycles. The van der Waals surface area contributed by atoms with Gasteiger partial charge in [-0.25, -0.2) is 0 Å². The van der Waals surface area contributed by atoms with E-state index in [1.165, 1.54) is 11.1 Å². The standard InChI is InChI=1S/C15H27N3O/c1-5-7-18-12-14(10-17-18)9-15(13(2)3)11-16-6-8-19-4/h9-10,12-13,16H,5-8,11H2,1-4H3/b15-9-. The van der Waals surface area contributed by atoms with Crippen LogP contribution in [0.1, 0.15) is 32.8 Å². The summed E-state index contributed by atoms with van der Waals surface area (Å²) < 4.78 is 7.04. The van der Waals surface area contributed by atoms with Crippen molar-refractivity contribution < 1.29 is 4.74 Å². The zero-order valence-electron chi connectivity index (χ0n) is 12.6. The van der Waals surface area contributed by atoms with Crippen molar-refractivity contribution in [3.63, 3.8) is 0 Å². The Morgan fingerprint density at radius 2 is 2.32 bits per heavy atom. The first-order valence-electron chi connectivity index (χ1n) is 7.10. The third kappa shape index (κ3) is 6.03. The molecule has 0 aromatic carbocycles. The van der Waals surface area contributed by atoms with Crippen LogP contribution in [-0.2, 0) is 11.3 Å². The average molecular weight is 265 g/mol. The number of methoxy groups -OCH3 is 1. The molecule has 1 heterocycles. The molecule has 0 aliphatic rings. The van der Waals surface area contributed by atoms with E-state index in [-0.39, 0.29) is 0 Å². The van der Waals surface area contributed by atoms with Crippen LogP contribution in [0.15, 0.2) is 18.0 Å². The highest BCUT2D eigenvalue weighted by Gasteiger charge is 2.04. The van der Waals surface area contributed by atoms with Crippen LogP contribution >= 0.6 is 0 Å². The second kappa shape index (κ2) is 8.88. The van der Waals surface area contributed by atoms with Crippen LogP contribution < -0.4 is 5.32 Å². The Labute approximate surface area is 116 Å². The molecular weight excluding hydrogens is 238 g/mol. The smallest absolute Gasteiger partial charge is 0.0587 e. The molecule has 0 atom stereocenters. The van der Waals surface area contributed by atoms with E-state index in [2.05, 4.69) is 43.5 Å². The number of ether oxygens (including phenoxy) is 1. The van der Waals surface area contributed by atoms with Crippen LogP contribution in [0.25, 0.3) is 6.08 Å². The molecule has 0 spiro atoms. The summed E-state index contributed by atoms with van der Waals surface area (Å²) in [6.45, 7) is 10.1. The van der Waals surface area contributed by atoms with Crippen LogP contribution in [0.2, 0.25) is 0 Å². The molecule has 0 radical (unpaired) electrons. The molecule has 0 bridgehead atoms. The van der Waals surface area contributed by atoms with Crippen molar-refractivity contribution in [2.24, 2.45) is 5.92 Å². The van der Waals surface area contributed by atoms with Gasteiger partial charge in [0.1, 0.15) is 0 Å². The topological polar surface area (TPSA) is 39.1 Å². The number of rotatable bonds is 9. The monoisotopic (exact) mass is 265 g/mol. The summed E-state index contributed by atoms with van der Waals surface area (Å²) in [4.78, 5) is 0. The number of aromatic nitrogens is 2. The Morgan fingerprint density at radius 1 is 1.53 bits per heavy atom. The van der Waals surface area contributed by atoms with E-state index in [4.69, 9.17) is 4.74 Å². The van der Waals surface area contributed by atoms with Crippen molar-refractivity contribution in [1.82, 2.24) is 15.1 Å². The lowest BCUT2D eigenvalue weighted by Gasteiger charge is -2.12. The number of aryl methyl sites for hydroxylation is 1. The highest BCUT2D eigenvalue weighted by Crippen LogP contribution is 2.13. The van der Waals surface area contributed by atoms with E-state index >= 15 is 0 Å². The van der Waals surface area contributed by atoms with Crippen molar-refractivity contribution in [2.75, 3.05) is 26.8 Å². The molecule has 0 amide bonds. The zero-order chi connectivity index (χ0) is 14.1. The number of hydrogen-bond donors (Lipinski definition) is 1. The molecule has 1 N–H and O–H groups in total. The minimum absolute atomic E-state index is 0.532. The second-order valence-electron chi connectivity index (χ2n) is 5.08. The van der Waals surface area contributed by atoms with E-state index in [9.17, 15) is 0 Å². The Balaban J connectivity index is 2.60. The van der Waals surface area contributed by atoms with E-state index < -0.39 is 0 Å². The quantitative estimate of drug-likeness (QED) is 0.698. The Bertz CT molecular complexity index is 382. The Kier molecular flexibility index (Phi) is 7.45. The van der Waals surface area contributed by atoms with Gasteiger partial charge in [0.05, 0.1) is 12.8 Å². The van der Waals surface area contributed by atoms with Gasteiger partial charge in [-0.05, 0) is 12.3 Å². The van der Waals surface area contributed by atoms with Crippen LogP contribution in [0, 0.1) is 5.92 Å². The maximum Gasteiger partial charge on any atom is 0.0587 e. The largest absolute Gasteiger partial charge is 0.383 e. The zero-order valence-corrected chi connectivity index (χ0v) is 12.6. The molecule has 0 saturated heterocycles. The van der Waals surface area contributed by atoms with Gasteiger partial charge < -0.3 is 10.1 Å². The first-order chi connectivity index (χ1) is 9.17. The summed E-state index contributed by atoms with van der Waals surface area (Å²) in [5, 5.41) is 7.76. The molecule has 1 aromatic heterocycles. The fourth-order valence-electron chi connectivity index (χ4n) is 1.85. The summed E-state index contributed by atoms with van der Waals surface area (Å²) in [6, 6.07) is 0. The molecule has 0 unspecified atom stereocenters. The van der Waals surface area contributed by atoms with Gasteiger partial charge in [-0.15, -0.1) is 0 Å². The molecule has 1 rings (SSSR count). The van der Waals surface area contributed by atoms with Crippen molar-refractivity contribution in [1.29, 1.82) is 0 Å². The summed E-state index contributed by atoms with van der Waals surface area (Å²) in [5.74, 6) is 0.532. The van der Waals surface area contributed by atoms with E-state index in [1.807, 2.05) is 10.9 Å². The van der Waals surface area contributed by atoms with Gasteiger partial charge in [-0.3, -0.25) is 4.68 Å². The second-order valence-corrected chi connectivity index (χ2v) is 5.08. The number of hydrogen-bond acceptors (Lipinski definition) is 3. The van der Waals surface area contributed by atoms with Gasteiger partial charge in [0, 0.05) is 38.5 Å². The lowest BCUT2D eigenvalue weighted by Crippen LogP contribution is -2.23. The highest BCUT2D eigenvalue weighted by atomic mass is 16.5. The van der Waals surface area contributed by atoms with Crippen LogP contribution in [0.4, 0.5) is 0 Å². The molecule has 108 valence electrons. The molecule has 0 saturated carbocycles. The minimum Gasteiger partial charge on any atom is -0.383 e. The molecule has 1 aromatic rings. The van der Waals surface area contributed by atoms with Crippen molar-refractivity contribution in [2.45, 2.75) is 33.7 Å². The molecular formula is C15H27N3O. The lowest BCUT2D eigenvalue weighted by atomic mass is 10.0. The highest BCUT2D eigenvalue weighted by molar-refractivity contribution is 5.51. The summed E-state index contributed by atoms with van der Waals surface area (Å²) >= 11 is 0. The van der Waals surface area contributed by atoms with Crippen LogP contribution in [0.5, 0.6) is 0 Å². The Morgan fingerprint density at radius 3 is 2.95 bits per heavy atom. The molecule has 4 nitrogen and oxygen atoms in total. The normalized spacial score (nSPS) is 12.4. The van der Waals surface area contributed by atoms with E-state index in [0.717, 1.165) is 32.7 Å². The van der Waals surface area contributed by atoms with E-state index in [0.29, 0.717) is 5.92 Å². The third-order valence-electron chi connectivity index (χ3n) is 3.01. The number of nitrogens with one attached hydrogen (secondary N) is 1. The molecule has 0 fully saturated rings. The number of nitrogens with zero attached hydrogens (tertiary/aromatic N) is 2. The predicted octanol–water partition coefficient (Wildman–Crippen LogP) is 2.57. The van der Waals surface area contributed by atoms with Crippen molar-refractivity contribution >= 4 is 6.08 Å². The first kappa shape index (κ1) is 15.9. The fraction of sp³-hybridized carbons (Fsp3) is 0.667. The SMILES string of the molecule is CCCn1cc(/C=C(/CNCCOC)C(C)C)cn1. The van der Waals surface area contributed by atoms with Crippen LogP contribution in [-0.4, -0.2) is 36.6 Å². The maximum atomic E-state index is 5.04. The fourth-order valence-corrected chi connectivity index (χ4v) is 1.85. The van der Waals surface area contributed by atoms with Crippen molar-refractivity contribution in [3.8, 4) is 0 Å². The molecule has 0 aliphatic carbocycles. The Hall–Kier alpha value is -1.13. The van der Waals surface area contributed by atoms with E-state index in [1.54, 1.807) is 7.11 Å². The van der Waals surface area contributed by atoms with Crippen LogP contribution in [0.3, 0.4) is 0 Å². The summed E-state index contributed by atoms with van der Waals surface area (Å²) in [7, 11) is 1.73. The van der Waals surface area contributed by atoms with Gasteiger partial charge in [0.2, 0.25) is 0 Å². The minimum atomic E-state index is 0.532. The van der Waals surface area contributed by atoms with Gasteiger partial charge in [-0.2, -0.15) is 5.10 Å². The average Bonchev–Trinajstić information content (AvgIpc) is 2.81. The van der Waals surface area contributed by atoms with Gasteiger partial charge in [0.25, 0.3) is 0 Å². The summed E-state index contributed by atoms with van der Waals surface area (Å²) in [5.41, 5.74) is 2.58.